The van der Waals surface area contributed by atoms with Crippen LogP contribution in [0.5, 0.6) is 5.75 Å². The van der Waals surface area contributed by atoms with E-state index < -0.39 is 4.92 Å². The number of ether oxygens (including phenoxy) is 1. The van der Waals surface area contributed by atoms with Gasteiger partial charge >= 0.3 is 0 Å². The second-order valence-electron chi connectivity index (χ2n) is 5.95. The van der Waals surface area contributed by atoms with Crippen LogP contribution in [0.2, 0.25) is 0 Å². The molecule has 0 saturated heterocycles. The Kier molecular flexibility index (Phi) is 3.97. The van der Waals surface area contributed by atoms with E-state index in [-0.39, 0.29) is 23.2 Å². The van der Waals surface area contributed by atoms with Crippen LogP contribution in [-0.4, -0.2) is 24.0 Å². The van der Waals surface area contributed by atoms with E-state index in [1.165, 1.54) is 19.2 Å². The molecule has 24 heavy (non-hydrogen) atoms. The lowest BCUT2D eigenvalue weighted by atomic mass is 10.1. The Morgan fingerprint density at radius 1 is 1.33 bits per heavy atom. The van der Waals surface area contributed by atoms with Gasteiger partial charge < -0.3 is 9.64 Å². The van der Waals surface area contributed by atoms with E-state index >= 15 is 0 Å². The predicted octanol–water partition coefficient (Wildman–Crippen LogP) is 3.50. The fourth-order valence-corrected chi connectivity index (χ4v) is 3.22. The van der Waals surface area contributed by atoms with Crippen molar-refractivity contribution < 1.29 is 14.5 Å². The predicted molar refractivity (Wildman–Crippen MR) is 90.8 cm³/mol. The molecule has 0 unspecified atom stereocenters. The molecule has 0 N–H and O–H groups in total. The Labute approximate surface area is 139 Å². The van der Waals surface area contributed by atoms with Crippen molar-refractivity contribution >= 4 is 17.3 Å². The number of aryl methyl sites for hydroxylation is 1. The van der Waals surface area contributed by atoms with Gasteiger partial charge in [-0.25, -0.2) is 0 Å². The highest BCUT2D eigenvalue weighted by Gasteiger charge is 2.34. The number of nitro benzene ring substituents is 1. The molecule has 1 heterocycles. The minimum atomic E-state index is -0.522. The maximum Gasteiger partial charge on any atom is 0.282 e. The van der Waals surface area contributed by atoms with Crippen LogP contribution < -0.4 is 9.64 Å². The monoisotopic (exact) mass is 326 g/mol. The summed E-state index contributed by atoms with van der Waals surface area (Å²) in [5.74, 6) is 0.0848. The maximum atomic E-state index is 13.1. The number of fused-ring (bicyclic) bond motifs is 1. The topological polar surface area (TPSA) is 72.7 Å². The van der Waals surface area contributed by atoms with Gasteiger partial charge in [0.2, 0.25) is 0 Å². The second-order valence-corrected chi connectivity index (χ2v) is 5.95. The Bertz CT molecular complexity index is 832. The van der Waals surface area contributed by atoms with E-state index in [1.54, 1.807) is 11.8 Å². The molecule has 2 aromatic rings. The SMILES string of the molecule is COc1cc(C(=O)N2c3ccccc3C[C@H]2C)c([N+](=O)[O-])cc1C. The number of hydrogen-bond acceptors (Lipinski definition) is 4. The number of amides is 1. The van der Waals surface area contributed by atoms with Gasteiger partial charge in [0.25, 0.3) is 11.6 Å². The molecule has 6 heteroatoms. The van der Waals surface area contributed by atoms with E-state index in [0.29, 0.717) is 11.3 Å². The third-order valence-corrected chi connectivity index (χ3v) is 4.37. The third kappa shape index (κ3) is 2.50. The molecule has 1 aliphatic heterocycles. The van der Waals surface area contributed by atoms with Crippen molar-refractivity contribution in [3.63, 3.8) is 0 Å². The van der Waals surface area contributed by atoms with Gasteiger partial charge in [0.05, 0.1) is 12.0 Å². The summed E-state index contributed by atoms with van der Waals surface area (Å²) in [5.41, 5.74) is 2.35. The van der Waals surface area contributed by atoms with E-state index in [2.05, 4.69) is 0 Å². The van der Waals surface area contributed by atoms with Gasteiger partial charge in [0.15, 0.2) is 0 Å². The number of nitrogens with zero attached hydrogens (tertiary/aromatic N) is 2. The fraction of sp³-hybridized carbons (Fsp3) is 0.278. The lowest BCUT2D eigenvalue weighted by Gasteiger charge is -2.23. The Balaban J connectivity index is 2.12. The molecule has 2 aromatic carbocycles. The molecular weight excluding hydrogens is 308 g/mol. The third-order valence-electron chi connectivity index (χ3n) is 4.37. The zero-order valence-electron chi connectivity index (χ0n) is 13.8. The summed E-state index contributed by atoms with van der Waals surface area (Å²) in [4.78, 5) is 25.6. The first-order valence-electron chi connectivity index (χ1n) is 7.68. The number of methoxy groups -OCH3 is 1. The van der Waals surface area contributed by atoms with E-state index in [9.17, 15) is 14.9 Å². The minimum absolute atomic E-state index is 0.0472. The van der Waals surface area contributed by atoms with Crippen LogP contribution in [0.4, 0.5) is 11.4 Å². The van der Waals surface area contributed by atoms with Crippen LogP contribution in [0.25, 0.3) is 0 Å². The summed E-state index contributed by atoms with van der Waals surface area (Å²) >= 11 is 0. The molecule has 0 bridgehead atoms. The van der Waals surface area contributed by atoms with Gasteiger partial charge in [-0.3, -0.25) is 14.9 Å². The molecule has 1 atom stereocenters. The molecular formula is C18H18N2O4. The maximum absolute atomic E-state index is 13.1. The van der Waals surface area contributed by atoms with Gasteiger partial charge in [0.1, 0.15) is 11.3 Å². The summed E-state index contributed by atoms with van der Waals surface area (Å²) in [7, 11) is 1.48. The minimum Gasteiger partial charge on any atom is -0.496 e. The Hall–Kier alpha value is -2.89. The number of anilines is 1. The number of benzene rings is 2. The molecule has 0 saturated carbocycles. The average Bonchev–Trinajstić information content (AvgIpc) is 2.89. The van der Waals surface area contributed by atoms with Crippen LogP contribution in [0.3, 0.4) is 0 Å². The first-order valence-corrected chi connectivity index (χ1v) is 7.68. The molecule has 0 radical (unpaired) electrons. The molecule has 124 valence electrons. The summed E-state index contributed by atoms with van der Waals surface area (Å²) < 4.78 is 5.24. The highest BCUT2D eigenvalue weighted by molar-refractivity contribution is 6.10. The van der Waals surface area contributed by atoms with Crippen LogP contribution in [0.1, 0.15) is 28.4 Å². The molecule has 1 amide bonds. The van der Waals surface area contributed by atoms with Crippen LogP contribution in [-0.2, 0) is 6.42 Å². The van der Waals surface area contributed by atoms with Crippen LogP contribution >= 0.6 is 0 Å². The van der Waals surface area contributed by atoms with Crippen molar-refractivity contribution in [3.05, 3.63) is 63.2 Å². The van der Waals surface area contributed by atoms with E-state index in [4.69, 9.17) is 4.74 Å². The number of rotatable bonds is 3. The summed E-state index contributed by atoms with van der Waals surface area (Å²) in [6.45, 7) is 3.66. The van der Waals surface area contributed by atoms with Crippen molar-refractivity contribution in [3.8, 4) is 5.75 Å². The number of carbonyl (C=O) groups excluding carboxylic acids is 1. The van der Waals surface area contributed by atoms with Crippen molar-refractivity contribution in [2.45, 2.75) is 26.3 Å². The molecule has 1 aliphatic rings. The largest absolute Gasteiger partial charge is 0.496 e. The molecule has 0 fully saturated rings. The quantitative estimate of drug-likeness (QED) is 0.639. The van der Waals surface area contributed by atoms with Crippen LogP contribution in [0.15, 0.2) is 36.4 Å². The Morgan fingerprint density at radius 3 is 2.71 bits per heavy atom. The van der Waals surface area contributed by atoms with Crippen molar-refractivity contribution in [2.75, 3.05) is 12.0 Å². The zero-order chi connectivity index (χ0) is 17.4. The van der Waals surface area contributed by atoms with Gasteiger partial charge in [0, 0.05) is 23.9 Å². The lowest BCUT2D eigenvalue weighted by molar-refractivity contribution is -0.385. The molecule has 6 nitrogen and oxygen atoms in total. The number of para-hydroxylation sites is 1. The first-order chi connectivity index (χ1) is 11.4. The summed E-state index contributed by atoms with van der Waals surface area (Å²) in [6, 6.07) is 10.4. The van der Waals surface area contributed by atoms with Crippen molar-refractivity contribution in [1.29, 1.82) is 0 Å². The lowest BCUT2D eigenvalue weighted by Crippen LogP contribution is -2.36. The normalized spacial score (nSPS) is 16.0. The molecule has 0 spiro atoms. The highest BCUT2D eigenvalue weighted by Crippen LogP contribution is 2.36. The van der Waals surface area contributed by atoms with Gasteiger partial charge in [-0.15, -0.1) is 0 Å². The number of carbonyl (C=O) groups is 1. The smallest absolute Gasteiger partial charge is 0.282 e. The standard InChI is InChI=1S/C18H18N2O4/c1-11-8-16(20(22)23)14(10-17(11)24-3)18(21)19-12(2)9-13-6-4-5-7-15(13)19/h4-8,10,12H,9H2,1-3H3/t12-/m1/s1. The summed E-state index contributed by atoms with van der Waals surface area (Å²) in [5, 5.41) is 11.4. The average molecular weight is 326 g/mol. The molecule has 3 rings (SSSR count). The number of hydrogen-bond donors (Lipinski definition) is 0. The van der Waals surface area contributed by atoms with E-state index in [0.717, 1.165) is 17.7 Å². The second kappa shape index (κ2) is 5.96. The summed E-state index contributed by atoms with van der Waals surface area (Å²) in [6.07, 6.45) is 0.735. The van der Waals surface area contributed by atoms with Crippen molar-refractivity contribution in [2.24, 2.45) is 0 Å². The molecule has 0 aromatic heterocycles. The van der Waals surface area contributed by atoms with Gasteiger partial charge in [-0.2, -0.15) is 0 Å². The first kappa shape index (κ1) is 16.0. The Morgan fingerprint density at radius 2 is 2.04 bits per heavy atom. The fourth-order valence-electron chi connectivity index (χ4n) is 3.22. The number of nitro groups is 1. The van der Waals surface area contributed by atoms with Crippen molar-refractivity contribution in [1.82, 2.24) is 0 Å². The zero-order valence-corrected chi connectivity index (χ0v) is 13.8. The highest BCUT2D eigenvalue weighted by atomic mass is 16.6. The molecule has 0 aliphatic carbocycles. The van der Waals surface area contributed by atoms with Crippen LogP contribution in [0, 0.1) is 17.0 Å². The van der Waals surface area contributed by atoms with E-state index in [1.807, 2.05) is 31.2 Å². The van der Waals surface area contributed by atoms with Gasteiger partial charge in [-0.1, -0.05) is 18.2 Å². The van der Waals surface area contributed by atoms with Gasteiger partial charge in [-0.05, 0) is 37.5 Å².